The zero-order valence-electron chi connectivity index (χ0n) is 11.1. The van der Waals surface area contributed by atoms with Gasteiger partial charge in [-0.15, -0.1) is 10.2 Å². The van der Waals surface area contributed by atoms with Crippen LogP contribution in [0, 0.1) is 5.92 Å². The summed E-state index contributed by atoms with van der Waals surface area (Å²) in [4.78, 5) is 13.8. The Balaban J connectivity index is 1.94. The van der Waals surface area contributed by atoms with Crippen molar-refractivity contribution < 1.29 is 0 Å². The van der Waals surface area contributed by atoms with E-state index in [4.69, 9.17) is 0 Å². The minimum atomic E-state index is -0.118. The number of hydrogen-bond acceptors (Lipinski definition) is 5. The average molecular weight is 278 g/mol. The van der Waals surface area contributed by atoms with E-state index in [9.17, 15) is 4.79 Å². The molecule has 0 saturated heterocycles. The molecule has 2 N–H and O–H groups in total. The first-order valence-electron chi connectivity index (χ1n) is 6.37. The molecule has 0 atom stereocenters. The highest BCUT2D eigenvalue weighted by Crippen LogP contribution is 2.21. The summed E-state index contributed by atoms with van der Waals surface area (Å²) in [6.07, 6.45) is 2.50. The first kappa shape index (κ1) is 13.9. The smallest absolute Gasteiger partial charge is 0.248 e. The Labute approximate surface area is 116 Å². The van der Waals surface area contributed by atoms with Gasteiger partial charge < -0.3 is 10.3 Å². The van der Waals surface area contributed by atoms with E-state index in [0.29, 0.717) is 5.92 Å². The predicted octanol–water partition coefficient (Wildman–Crippen LogP) is 1.68. The average Bonchev–Trinajstić information content (AvgIpc) is 2.83. The summed E-state index contributed by atoms with van der Waals surface area (Å²) in [5.41, 5.74) is 0.704. The van der Waals surface area contributed by atoms with E-state index in [0.717, 1.165) is 35.1 Å². The SMILES string of the molecule is CC(C)CNCCc1nnc(-c2cc[nH]c(=O)c2)s1. The van der Waals surface area contributed by atoms with Crippen LogP contribution in [0.2, 0.25) is 0 Å². The number of aromatic amines is 1. The molecule has 2 aromatic heterocycles. The fourth-order valence-electron chi connectivity index (χ4n) is 1.63. The number of hydrogen-bond donors (Lipinski definition) is 2. The van der Waals surface area contributed by atoms with Crippen LogP contribution in [-0.2, 0) is 6.42 Å². The Bertz CT molecular complexity index is 576. The summed E-state index contributed by atoms with van der Waals surface area (Å²) in [7, 11) is 0. The van der Waals surface area contributed by atoms with Crippen LogP contribution in [0.3, 0.4) is 0 Å². The Morgan fingerprint density at radius 3 is 3.00 bits per heavy atom. The van der Waals surface area contributed by atoms with Gasteiger partial charge in [0.2, 0.25) is 5.56 Å². The van der Waals surface area contributed by atoms with E-state index in [2.05, 4.69) is 34.3 Å². The molecule has 6 heteroatoms. The molecule has 0 fully saturated rings. The summed E-state index contributed by atoms with van der Waals surface area (Å²) >= 11 is 1.54. The Kier molecular flexibility index (Phi) is 4.81. The molecule has 0 bridgehead atoms. The van der Waals surface area contributed by atoms with Gasteiger partial charge in [-0.05, 0) is 18.5 Å². The molecule has 0 unspecified atom stereocenters. The van der Waals surface area contributed by atoms with Crippen LogP contribution >= 0.6 is 11.3 Å². The van der Waals surface area contributed by atoms with Crippen molar-refractivity contribution in [3.05, 3.63) is 33.7 Å². The van der Waals surface area contributed by atoms with E-state index >= 15 is 0 Å². The van der Waals surface area contributed by atoms with E-state index in [1.807, 2.05) is 6.07 Å². The van der Waals surface area contributed by atoms with Gasteiger partial charge in [0, 0.05) is 30.8 Å². The maximum atomic E-state index is 11.2. The number of H-pyrrole nitrogens is 1. The zero-order chi connectivity index (χ0) is 13.7. The van der Waals surface area contributed by atoms with Crippen molar-refractivity contribution in [3.63, 3.8) is 0 Å². The lowest BCUT2D eigenvalue weighted by Gasteiger charge is -2.05. The molecular formula is C13H18N4OS. The second kappa shape index (κ2) is 6.58. The molecule has 0 aliphatic rings. The minimum absolute atomic E-state index is 0.118. The van der Waals surface area contributed by atoms with Crippen LogP contribution in [0.1, 0.15) is 18.9 Å². The lowest BCUT2D eigenvalue weighted by atomic mass is 10.2. The van der Waals surface area contributed by atoms with E-state index < -0.39 is 0 Å². The quantitative estimate of drug-likeness (QED) is 0.789. The summed E-state index contributed by atoms with van der Waals surface area (Å²) in [6.45, 7) is 6.29. The van der Waals surface area contributed by atoms with E-state index in [-0.39, 0.29) is 5.56 Å². The van der Waals surface area contributed by atoms with Crippen LogP contribution in [-0.4, -0.2) is 28.3 Å². The first-order chi connectivity index (χ1) is 9.15. The van der Waals surface area contributed by atoms with Crippen LogP contribution in [0.15, 0.2) is 23.1 Å². The second-order valence-electron chi connectivity index (χ2n) is 4.79. The second-order valence-corrected chi connectivity index (χ2v) is 5.85. The van der Waals surface area contributed by atoms with Gasteiger partial charge in [-0.2, -0.15) is 0 Å². The summed E-state index contributed by atoms with van der Waals surface area (Å²) in [5.74, 6) is 0.654. The molecule has 0 spiro atoms. The molecule has 2 rings (SSSR count). The molecule has 19 heavy (non-hydrogen) atoms. The maximum Gasteiger partial charge on any atom is 0.248 e. The van der Waals surface area contributed by atoms with Crippen molar-refractivity contribution in [1.29, 1.82) is 0 Å². The van der Waals surface area contributed by atoms with Gasteiger partial charge in [-0.25, -0.2) is 0 Å². The van der Waals surface area contributed by atoms with Crippen molar-refractivity contribution in [2.75, 3.05) is 13.1 Å². The summed E-state index contributed by atoms with van der Waals surface area (Å²) < 4.78 is 0. The fraction of sp³-hybridized carbons (Fsp3) is 0.462. The topological polar surface area (TPSA) is 70.7 Å². The van der Waals surface area contributed by atoms with Gasteiger partial charge in [0.1, 0.15) is 10.0 Å². The lowest BCUT2D eigenvalue weighted by molar-refractivity contribution is 0.553. The van der Waals surface area contributed by atoms with E-state index in [1.54, 1.807) is 12.3 Å². The monoisotopic (exact) mass is 278 g/mol. The molecule has 0 saturated carbocycles. The van der Waals surface area contributed by atoms with Crippen molar-refractivity contribution >= 4 is 11.3 Å². The normalized spacial score (nSPS) is 11.1. The Morgan fingerprint density at radius 1 is 1.42 bits per heavy atom. The van der Waals surface area contributed by atoms with Gasteiger partial charge in [0.05, 0.1) is 0 Å². The third kappa shape index (κ3) is 4.25. The molecule has 2 aromatic rings. The molecule has 0 aliphatic carbocycles. The third-order valence-electron chi connectivity index (χ3n) is 2.56. The van der Waals surface area contributed by atoms with Crippen LogP contribution in [0.5, 0.6) is 0 Å². The molecule has 0 amide bonds. The minimum Gasteiger partial charge on any atom is -0.329 e. The van der Waals surface area contributed by atoms with Gasteiger partial charge >= 0.3 is 0 Å². The van der Waals surface area contributed by atoms with Crippen LogP contribution in [0.4, 0.5) is 0 Å². The van der Waals surface area contributed by atoms with E-state index in [1.165, 1.54) is 11.3 Å². The number of pyridine rings is 1. The molecule has 0 aromatic carbocycles. The maximum absolute atomic E-state index is 11.2. The van der Waals surface area contributed by atoms with Crippen molar-refractivity contribution in [2.45, 2.75) is 20.3 Å². The van der Waals surface area contributed by atoms with Crippen LogP contribution < -0.4 is 10.9 Å². The zero-order valence-corrected chi connectivity index (χ0v) is 12.0. The van der Waals surface area contributed by atoms with Crippen LogP contribution in [0.25, 0.3) is 10.6 Å². The summed E-state index contributed by atoms with van der Waals surface area (Å²) in [5, 5.41) is 13.4. The van der Waals surface area contributed by atoms with Crippen molar-refractivity contribution in [1.82, 2.24) is 20.5 Å². The number of rotatable bonds is 6. The molecule has 0 aliphatic heterocycles. The van der Waals surface area contributed by atoms with Gasteiger partial charge in [-0.1, -0.05) is 25.2 Å². The number of nitrogens with zero attached hydrogens (tertiary/aromatic N) is 2. The van der Waals surface area contributed by atoms with Crippen molar-refractivity contribution in [3.8, 4) is 10.6 Å². The molecular weight excluding hydrogens is 260 g/mol. The first-order valence-corrected chi connectivity index (χ1v) is 7.19. The third-order valence-corrected chi connectivity index (χ3v) is 3.59. The Hall–Kier alpha value is -1.53. The highest BCUT2D eigenvalue weighted by Gasteiger charge is 2.06. The number of nitrogens with one attached hydrogen (secondary N) is 2. The Morgan fingerprint density at radius 2 is 2.26 bits per heavy atom. The number of aromatic nitrogens is 3. The van der Waals surface area contributed by atoms with Gasteiger partial charge in [-0.3, -0.25) is 4.79 Å². The molecule has 2 heterocycles. The molecule has 0 radical (unpaired) electrons. The highest BCUT2D eigenvalue weighted by molar-refractivity contribution is 7.14. The van der Waals surface area contributed by atoms with Crippen molar-refractivity contribution in [2.24, 2.45) is 5.92 Å². The predicted molar refractivity (Wildman–Crippen MR) is 77.4 cm³/mol. The molecule has 5 nitrogen and oxygen atoms in total. The largest absolute Gasteiger partial charge is 0.329 e. The fourth-order valence-corrected chi connectivity index (χ4v) is 2.47. The van der Waals surface area contributed by atoms with Gasteiger partial charge in [0.25, 0.3) is 0 Å². The highest BCUT2D eigenvalue weighted by atomic mass is 32.1. The standard InChI is InChI=1S/C13H18N4OS/c1-9(2)8-14-5-4-12-16-17-13(19-12)10-3-6-15-11(18)7-10/h3,6-7,9,14H,4-5,8H2,1-2H3,(H,15,18). The summed E-state index contributed by atoms with van der Waals surface area (Å²) in [6, 6.07) is 3.38. The lowest BCUT2D eigenvalue weighted by Crippen LogP contribution is -2.22. The molecule has 102 valence electrons. The van der Waals surface area contributed by atoms with Gasteiger partial charge in [0.15, 0.2) is 0 Å².